The number of fused-ring (bicyclic) bond motifs is 1. The van der Waals surface area contributed by atoms with E-state index in [1.54, 1.807) is 17.0 Å². The third kappa shape index (κ3) is 2.37. The van der Waals surface area contributed by atoms with Gasteiger partial charge in [0.25, 0.3) is 0 Å². The molecule has 2 aromatic rings. The van der Waals surface area contributed by atoms with Crippen LogP contribution in [0.5, 0.6) is 5.75 Å². The van der Waals surface area contributed by atoms with E-state index < -0.39 is 0 Å². The summed E-state index contributed by atoms with van der Waals surface area (Å²) in [4.78, 5) is 16.7. The van der Waals surface area contributed by atoms with E-state index in [1.165, 1.54) is 0 Å². The fourth-order valence-corrected chi connectivity index (χ4v) is 2.80. The highest BCUT2D eigenvalue weighted by molar-refractivity contribution is 6.06. The Bertz CT molecular complexity index is 752. The van der Waals surface area contributed by atoms with E-state index >= 15 is 0 Å². The SMILES string of the molecule is [N-]=[N+]=NCC1CC(=O)N(c2cccc3c(O)cccc23)C1. The molecular formula is C15H14N4O2. The largest absolute Gasteiger partial charge is 0.507 e. The highest BCUT2D eigenvalue weighted by atomic mass is 16.3. The van der Waals surface area contributed by atoms with Crippen molar-refractivity contribution in [3.8, 4) is 5.75 Å². The van der Waals surface area contributed by atoms with Crippen LogP contribution >= 0.6 is 0 Å². The minimum absolute atomic E-state index is 0.0176. The summed E-state index contributed by atoms with van der Waals surface area (Å²) in [6.07, 6.45) is 0.383. The number of phenolic OH excluding ortho intramolecular Hbond substituents is 1. The number of rotatable bonds is 3. The van der Waals surface area contributed by atoms with Gasteiger partial charge < -0.3 is 10.0 Å². The predicted molar refractivity (Wildman–Crippen MR) is 80.1 cm³/mol. The second-order valence-electron chi connectivity index (χ2n) is 5.14. The number of benzene rings is 2. The van der Waals surface area contributed by atoms with Crippen molar-refractivity contribution in [3.63, 3.8) is 0 Å². The minimum Gasteiger partial charge on any atom is -0.507 e. The average molecular weight is 282 g/mol. The van der Waals surface area contributed by atoms with E-state index in [4.69, 9.17) is 5.53 Å². The first-order valence-electron chi connectivity index (χ1n) is 6.72. The quantitative estimate of drug-likeness (QED) is 0.532. The van der Waals surface area contributed by atoms with Gasteiger partial charge in [0.15, 0.2) is 0 Å². The molecule has 1 aliphatic rings. The van der Waals surface area contributed by atoms with E-state index in [-0.39, 0.29) is 17.6 Å². The van der Waals surface area contributed by atoms with Gasteiger partial charge >= 0.3 is 0 Å². The number of anilines is 1. The molecule has 0 aromatic heterocycles. The molecule has 3 rings (SSSR count). The monoisotopic (exact) mass is 282 g/mol. The van der Waals surface area contributed by atoms with E-state index in [2.05, 4.69) is 10.0 Å². The lowest BCUT2D eigenvalue weighted by Crippen LogP contribution is -2.24. The molecule has 1 saturated heterocycles. The highest BCUT2D eigenvalue weighted by Gasteiger charge is 2.30. The molecule has 1 N–H and O–H groups in total. The predicted octanol–water partition coefficient (Wildman–Crippen LogP) is 3.21. The van der Waals surface area contributed by atoms with Crippen LogP contribution in [0.1, 0.15) is 6.42 Å². The number of carbonyl (C=O) groups is 1. The summed E-state index contributed by atoms with van der Waals surface area (Å²) in [7, 11) is 0. The van der Waals surface area contributed by atoms with Gasteiger partial charge in [-0.3, -0.25) is 4.79 Å². The lowest BCUT2D eigenvalue weighted by Gasteiger charge is -2.19. The van der Waals surface area contributed by atoms with Gasteiger partial charge in [-0.05, 0) is 23.6 Å². The summed E-state index contributed by atoms with van der Waals surface area (Å²) in [5.41, 5.74) is 9.17. The number of azide groups is 1. The maximum Gasteiger partial charge on any atom is 0.227 e. The lowest BCUT2D eigenvalue weighted by atomic mass is 10.1. The molecule has 1 aliphatic heterocycles. The van der Waals surface area contributed by atoms with Gasteiger partial charge in [-0.15, -0.1) is 0 Å². The van der Waals surface area contributed by atoms with Crippen molar-refractivity contribution in [2.24, 2.45) is 11.0 Å². The van der Waals surface area contributed by atoms with E-state index in [9.17, 15) is 9.90 Å². The first kappa shape index (κ1) is 13.3. The number of hydrogen-bond donors (Lipinski definition) is 1. The van der Waals surface area contributed by atoms with Crippen LogP contribution < -0.4 is 4.90 Å². The Kier molecular flexibility index (Phi) is 3.38. The molecule has 2 aromatic carbocycles. The molecule has 1 unspecified atom stereocenters. The van der Waals surface area contributed by atoms with Crippen molar-refractivity contribution in [1.82, 2.24) is 0 Å². The summed E-state index contributed by atoms with van der Waals surface area (Å²) in [6.45, 7) is 0.862. The molecule has 0 spiro atoms. The van der Waals surface area contributed by atoms with E-state index in [0.717, 1.165) is 16.5 Å². The second kappa shape index (κ2) is 5.34. The molecule has 1 amide bonds. The van der Waals surface area contributed by atoms with Gasteiger partial charge in [-0.2, -0.15) is 0 Å². The zero-order chi connectivity index (χ0) is 14.8. The fraction of sp³-hybridized carbons (Fsp3) is 0.267. The van der Waals surface area contributed by atoms with Crippen molar-refractivity contribution in [2.45, 2.75) is 6.42 Å². The van der Waals surface area contributed by atoms with Crippen LogP contribution in [0.25, 0.3) is 21.2 Å². The molecule has 6 heteroatoms. The molecule has 6 nitrogen and oxygen atoms in total. The third-order valence-corrected chi connectivity index (χ3v) is 3.78. The average Bonchev–Trinajstić information content (AvgIpc) is 2.86. The zero-order valence-corrected chi connectivity index (χ0v) is 11.3. The Morgan fingerprint density at radius 1 is 1.29 bits per heavy atom. The maximum atomic E-state index is 12.2. The first-order chi connectivity index (χ1) is 10.2. The van der Waals surface area contributed by atoms with E-state index in [0.29, 0.717) is 19.5 Å². The lowest BCUT2D eigenvalue weighted by molar-refractivity contribution is -0.117. The Hall–Kier alpha value is -2.72. The van der Waals surface area contributed by atoms with Crippen LogP contribution in [0.2, 0.25) is 0 Å². The summed E-state index contributed by atoms with van der Waals surface area (Å²) in [5, 5.41) is 15.0. The molecule has 1 atom stereocenters. The van der Waals surface area contributed by atoms with Crippen molar-refractivity contribution < 1.29 is 9.90 Å². The van der Waals surface area contributed by atoms with Gasteiger partial charge in [0.1, 0.15) is 5.75 Å². The number of nitrogens with zero attached hydrogens (tertiary/aromatic N) is 4. The van der Waals surface area contributed by atoms with Crippen molar-refractivity contribution in [2.75, 3.05) is 18.0 Å². The standard InChI is InChI=1S/C15H14N4O2/c16-18-17-8-10-7-15(21)19(9-10)13-5-1-4-12-11(13)3-2-6-14(12)20/h1-6,10,20H,7-9H2. The maximum absolute atomic E-state index is 12.2. The van der Waals surface area contributed by atoms with Crippen LogP contribution in [0.4, 0.5) is 5.69 Å². The number of aromatic hydroxyl groups is 1. The smallest absolute Gasteiger partial charge is 0.227 e. The Morgan fingerprint density at radius 2 is 2.05 bits per heavy atom. The Balaban J connectivity index is 1.99. The first-order valence-corrected chi connectivity index (χ1v) is 6.72. The summed E-state index contributed by atoms with van der Waals surface area (Å²) >= 11 is 0. The summed E-state index contributed by atoms with van der Waals surface area (Å²) in [6, 6.07) is 10.8. The Labute approximate surface area is 121 Å². The second-order valence-corrected chi connectivity index (χ2v) is 5.14. The molecule has 1 heterocycles. The van der Waals surface area contributed by atoms with E-state index in [1.807, 2.05) is 24.3 Å². The number of carbonyl (C=O) groups excluding carboxylic acids is 1. The topological polar surface area (TPSA) is 89.3 Å². The van der Waals surface area contributed by atoms with Crippen LogP contribution in [0.15, 0.2) is 41.5 Å². The van der Waals surface area contributed by atoms with Crippen LogP contribution in [0, 0.1) is 5.92 Å². The van der Waals surface area contributed by atoms with Gasteiger partial charge in [0.2, 0.25) is 5.91 Å². The van der Waals surface area contributed by atoms with Crippen LogP contribution in [-0.4, -0.2) is 24.1 Å². The van der Waals surface area contributed by atoms with Crippen molar-refractivity contribution in [3.05, 3.63) is 46.8 Å². The molecular weight excluding hydrogens is 268 g/mol. The van der Waals surface area contributed by atoms with Crippen LogP contribution in [0.3, 0.4) is 0 Å². The third-order valence-electron chi connectivity index (χ3n) is 3.78. The fourth-order valence-electron chi connectivity index (χ4n) is 2.80. The molecule has 0 aliphatic carbocycles. The van der Waals surface area contributed by atoms with Gasteiger partial charge in [-0.1, -0.05) is 29.4 Å². The van der Waals surface area contributed by atoms with Crippen molar-refractivity contribution >= 4 is 22.4 Å². The summed E-state index contributed by atoms with van der Waals surface area (Å²) in [5.74, 6) is 0.261. The van der Waals surface area contributed by atoms with Crippen LogP contribution in [-0.2, 0) is 4.79 Å². The van der Waals surface area contributed by atoms with Crippen molar-refractivity contribution in [1.29, 1.82) is 0 Å². The minimum atomic E-state index is 0.0176. The molecule has 0 saturated carbocycles. The molecule has 0 bridgehead atoms. The molecule has 0 radical (unpaired) electrons. The van der Waals surface area contributed by atoms with Gasteiger partial charge in [-0.25, -0.2) is 0 Å². The molecule has 1 fully saturated rings. The number of phenols is 1. The normalized spacial score (nSPS) is 18.0. The number of hydrogen-bond acceptors (Lipinski definition) is 3. The Morgan fingerprint density at radius 3 is 2.86 bits per heavy atom. The zero-order valence-electron chi connectivity index (χ0n) is 11.3. The summed E-state index contributed by atoms with van der Waals surface area (Å²) < 4.78 is 0. The van der Waals surface area contributed by atoms with Gasteiger partial charge in [0, 0.05) is 35.2 Å². The number of amides is 1. The molecule has 21 heavy (non-hydrogen) atoms. The molecule has 106 valence electrons. The van der Waals surface area contributed by atoms with Gasteiger partial charge in [0.05, 0.1) is 5.69 Å². The highest BCUT2D eigenvalue weighted by Crippen LogP contribution is 2.35.